The minimum absolute atomic E-state index is 0.142. The van der Waals surface area contributed by atoms with E-state index in [-0.39, 0.29) is 36.5 Å². The smallest absolute Gasteiger partial charge is 0.303 e. The highest BCUT2D eigenvalue weighted by Crippen LogP contribution is 2.52. The van der Waals surface area contributed by atoms with Crippen LogP contribution >= 0.6 is 23.2 Å². The molecule has 39 heavy (non-hydrogen) atoms. The van der Waals surface area contributed by atoms with Crippen molar-refractivity contribution in [1.82, 2.24) is 9.21 Å². The third-order valence-corrected chi connectivity index (χ3v) is 11.0. The highest BCUT2D eigenvalue weighted by molar-refractivity contribution is 7.90. The molecule has 2 aliphatic rings. The number of carbonyl (C=O) groups is 2. The van der Waals surface area contributed by atoms with Crippen molar-refractivity contribution in [2.45, 2.75) is 75.6 Å². The third-order valence-electron chi connectivity index (χ3n) is 8.19. The number of likely N-dealkylation sites (tertiary alicyclic amines) is 1. The monoisotopic (exact) mass is 594 g/mol. The van der Waals surface area contributed by atoms with Crippen LogP contribution in [0.25, 0.3) is 0 Å². The van der Waals surface area contributed by atoms with Crippen LogP contribution in [-0.4, -0.2) is 59.5 Å². The standard InChI is InChI=1S/C29H36Cl2N2O5S/c1-4-23(18-32(3)39(37,38)24-12-13-24)33-27(19-8-10-21(30)11-9-19)25(20-6-5-7-22(31)16-20)17-29(2,28(33)36)15-14-26(34)35/h5-11,16,23-25,27H,4,12-15,17-18H2,1-3H3,(H,34,35)/t23?,25-,27-,29+/m0/s1. The molecule has 2 aromatic carbocycles. The minimum Gasteiger partial charge on any atom is -0.481 e. The molecule has 0 spiro atoms. The summed E-state index contributed by atoms with van der Waals surface area (Å²) >= 11 is 12.6. The van der Waals surface area contributed by atoms with E-state index in [1.807, 2.05) is 49.1 Å². The lowest BCUT2D eigenvalue weighted by molar-refractivity contribution is -0.156. The van der Waals surface area contributed by atoms with Crippen molar-refractivity contribution >= 4 is 45.1 Å². The Hall–Kier alpha value is -2.13. The predicted octanol–water partition coefficient (Wildman–Crippen LogP) is 6.12. The van der Waals surface area contributed by atoms with E-state index in [0.29, 0.717) is 35.7 Å². The molecule has 0 aromatic heterocycles. The van der Waals surface area contributed by atoms with Crippen LogP contribution in [0.1, 0.15) is 75.5 Å². The largest absolute Gasteiger partial charge is 0.481 e. The van der Waals surface area contributed by atoms with E-state index in [0.717, 1.165) is 11.1 Å². The van der Waals surface area contributed by atoms with Crippen molar-refractivity contribution in [1.29, 1.82) is 0 Å². The first-order valence-electron chi connectivity index (χ1n) is 13.4. The van der Waals surface area contributed by atoms with Crippen molar-refractivity contribution in [3.8, 4) is 0 Å². The van der Waals surface area contributed by atoms with Gasteiger partial charge in [-0.05, 0) is 67.5 Å². The van der Waals surface area contributed by atoms with E-state index in [9.17, 15) is 23.1 Å². The molecular formula is C29H36Cl2N2O5S. The molecule has 4 atom stereocenters. The van der Waals surface area contributed by atoms with E-state index in [4.69, 9.17) is 23.2 Å². The van der Waals surface area contributed by atoms with Crippen LogP contribution in [-0.2, 0) is 19.6 Å². The number of amides is 1. The summed E-state index contributed by atoms with van der Waals surface area (Å²) in [6.07, 6.45) is 2.30. The molecule has 1 aliphatic carbocycles. The first-order valence-corrected chi connectivity index (χ1v) is 15.6. The van der Waals surface area contributed by atoms with Crippen LogP contribution in [0.3, 0.4) is 0 Å². The second kappa shape index (κ2) is 11.8. The van der Waals surface area contributed by atoms with Gasteiger partial charge in [0.25, 0.3) is 0 Å². The van der Waals surface area contributed by atoms with Crippen LogP contribution in [0, 0.1) is 5.41 Å². The van der Waals surface area contributed by atoms with Crippen LogP contribution in [0.4, 0.5) is 0 Å². The Morgan fingerprint density at radius 1 is 1.13 bits per heavy atom. The number of piperidine rings is 1. The lowest BCUT2D eigenvalue weighted by Gasteiger charge is -2.52. The first-order chi connectivity index (χ1) is 18.4. The van der Waals surface area contributed by atoms with Gasteiger partial charge in [0.2, 0.25) is 15.9 Å². The van der Waals surface area contributed by atoms with Crippen LogP contribution in [0.5, 0.6) is 0 Å². The number of halogens is 2. The second-order valence-corrected chi connectivity index (χ2v) is 14.3. The Morgan fingerprint density at radius 3 is 2.36 bits per heavy atom. The van der Waals surface area contributed by atoms with Crippen LogP contribution < -0.4 is 0 Å². The number of carboxylic acids is 1. The Kier molecular flexibility index (Phi) is 9.01. The van der Waals surface area contributed by atoms with E-state index in [1.165, 1.54) is 4.31 Å². The zero-order chi connectivity index (χ0) is 28.5. The molecule has 2 fully saturated rings. The number of rotatable bonds is 11. The quantitative estimate of drug-likeness (QED) is 0.338. The number of carboxylic acid groups (broad SMARTS) is 1. The average molecular weight is 596 g/mol. The summed E-state index contributed by atoms with van der Waals surface area (Å²) in [5.74, 6) is -1.33. The average Bonchev–Trinajstić information content (AvgIpc) is 3.75. The zero-order valence-electron chi connectivity index (χ0n) is 22.5. The summed E-state index contributed by atoms with van der Waals surface area (Å²) in [5.41, 5.74) is 0.856. The summed E-state index contributed by atoms with van der Waals surface area (Å²) in [6.45, 7) is 3.94. The van der Waals surface area contributed by atoms with Crippen molar-refractivity contribution in [3.63, 3.8) is 0 Å². The number of hydrogen-bond donors (Lipinski definition) is 1. The SMILES string of the molecule is CCC(CN(C)S(=O)(=O)C1CC1)N1C(=O)[C@](C)(CCC(=O)O)C[C@@H](c2cccc(Cl)c2)[C@@H]1c1ccc(Cl)cc1. The number of sulfonamides is 1. The number of likely N-dealkylation sites (N-methyl/N-ethyl adjacent to an activating group) is 1. The molecule has 1 saturated carbocycles. The fourth-order valence-electron chi connectivity index (χ4n) is 5.83. The summed E-state index contributed by atoms with van der Waals surface area (Å²) in [6, 6.07) is 14.1. The van der Waals surface area contributed by atoms with E-state index in [1.54, 1.807) is 25.2 Å². The molecule has 1 saturated heterocycles. The van der Waals surface area contributed by atoms with Gasteiger partial charge in [-0.25, -0.2) is 12.7 Å². The van der Waals surface area contributed by atoms with E-state index in [2.05, 4.69) is 0 Å². The summed E-state index contributed by atoms with van der Waals surface area (Å²) in [4.78, 5) is 27.9. The maximum Gasteiger partial charge on any atom is 0.303 e. The molecule has 4 rings (SSSR count). The zero-order valence-corrected chi connectivity index (χ0v) is 24.8. The normalized spacial score (nSPS) is 24.7. The van der Waals surface area contributed by atoms with Crippen LogP contribution in [0.2, 0.25) is 10.0 Å². The molecule has 7 nitrogen and oxygen atoms in total. The van der Waals surface area contributed by atoms with E-state index < -0.39 is 33.5 Å². The van der Waals surface area contributed by atoms with Crippen molar-refractivity contribution in [2.24, 2.45) is 5.41 Å². The fraction of sp³-hybridized carbons (Fsp3) is 0.517. The van der Waals surface area contributed by atoms with Gasteiger partial charge in [0, 0.05) is 47.4 Å². The number of nitrogens with zero attached hydrogens (tertiary/aromatic N) is 2. The van der Waals surface area contributed by atoms with Gasteiger partial charge in [0.15, 0.2) is 0 Å². The Labute approximate surface area is 241 Å². The van der Waals surface area contributed by atoms with Gasteiger partial charge in [-0.1, -0.05) is 61.3 Å². The summed E-state index contributed by atoms with van der Waals surface area (Å²) < 4.78 is 27.5. The van der Waals surface area contributed by atoms with E-state index >= 15 is 0 Å². The Bertz CT molecular complexity index is 1320. The molecule has 1 N–H and O–H groups in total. The van der Waals surface area contributed by atoms with Gasteiger partial charge in [-0.2, -0.15) is 0 Å². The molecule has 2 aromatic rings. The van der Waals surface area contributed by atoms with Crippen molar-refractivity contribution in [3.05, 3.63) is 69.7 Å². The van der Waals surface area contributed by atoms with Gasteiger partial charge < -0.3 is 10.0 Å². The molecule has 212 valence electrons. The molecule has 1 unspecified atom stereocenters. The summed E-state index contributed by atoms with van der Waals surface area (Å²) in [5, 5.41) is 10.3. The third kappa shape index (κ3) is 6.45. The minimum atomic E-state index is -3.45. The van der Waals surface area contributed by atoms with Gasteiger partial charge >= 0.3 is 5.97 Å². The Morgan fingerprint density at radius 2 is 1.79 bits per heavy atom. The lowest BCUT2D eigenvalue weighted by Crippen LogP contribution is -2.58. The summed E-state index contributed by atoms with van der Waals surface area (Å²) in [7, 11) is -1.87. The molecule has 0 radical (unpaired) electrons. The van der Waals surface area contributed by atoms with Gasteiger partial charge in [-0.3, -0.25) is 9.59 Å². The highest BCUT2D eigenvalue weighted by Gasteiger charge is 2.52. The number of hydrogen-bond acceptors (Lipinski definition) is 4. The molecular weight excluding hydrogens is 559 g/mol. The fourth-order valence-corrected chi connectivity index (χ4v) is 7.77. The molecule has 10 heteroatoms. The molecule has 1 aliphatic heterocycles. The number of carbonyl (C=O) groups excluding carboxylic acids is 1. The highest BCUT2D eigenvalue weighted by atomic mass is 35.5. The molecule has 0 bridgehead atoms. The topological polar surface area (TPSA) is 95.0 Å². The van der Waals surface area contributed by atoms with Gasteiger partial charge in [0.1, 0.15) is 0 Å². The maximum absolute atomic E-state index is 14.4. The van der Waals surface area contributed by atoms with Crippen LogP contribution in [0.15, 0.2) is 48.5 Å². The Balaban J connectivity index is 1.85. The lowest BCUT2D eigenvalue weighted by atomic mass is 9.66. The predicted molar refractivity (Wildman–Crippen MR) is 153 cm³/mol. The van der Waals surface area contributed by atoms with Crippen molar-refractivity contribution < 1.29 is 23.1 Å². The molecule has 1 heterocycles. The maximum atomic E-state index is 14.4. The number of benzene rings is 2. The van der Waals surface area contributed by atoms with Gasteiger partial charge in [-0.15, -0.1) is 0 Å². The van der Waals surface area contributed by atoms with Crippen molar-refractivity contribution in [2.75, 3.05) is 13.6 Å². The second-order valence-electron chi connectivity index (χ2n) is 11.1. The van der Waals surface area contributed by atoms with Gasteiger partial charge in [0.05, 0.1) is 11.3 Å². The number of aliphatic carboxylic acids is 1. The first kappa shape index (κ1) is 29.8. The molecule has 1 amide bonds.